The second kappa shape index (κ2) is 6.14. The highest BCUT2D eigenvalue weighted by molar-refractivity contribution is 5.97. The van der Waals surface area contributed by atoms with Crippen molar-refractivity contribution in [3.63, 3.8) is 0 Å². The second-order valence-corrected chi connectivity index (χ2v) is 5.44. The van der Waals surface area contributed by atoms with E-state index in [1.54, 1.807) is 0 Å². The molecule has 18 heavy (non-hydrogen) atoms. The highest BCUT2D eigenvalue weighted by atomic mass is 16.1. The van der Waals surface area contributed by atoms with Crippen LogP contribution in [0.4, 0.5) is 0 Å². The summed E-state index contributed by atoms with van der Waals surface area (Å²) in [6, 6.07) is 7.92. The Morgan fingerprint density at radius 1 is 1.44 bits per heavy atom. The number of rotatable bonds is 4. The Morgan fingerprint density at radius 2 is 2.28 bits per heavy atom. The molecule has 0 saturated carbocycles. The molecule has 1 aromatic carbocycles. The number of hydrogen-bond donors (Lipinski definition) is 0. The summed E-state index contributed by atoms with van der Waals surface area (Å²) in [5.41, 5.74) is 2.01. The van der Waals surface area contributed by atoms with Crippen LogP contribution in [-0.2, 0) is 0 Å². The molecule has 0 bridgehead atoms. The van der Waals surface area contributed by atoms with Gasteiger partial charge in [-0.1, -0.05) is 37.1 Å². The van der Waals surface area contributed by atoms with E-state index in [1.807, 2.05) is 31.2 Å². The topological polar surface area (TPSA) is 20.3 Å². The number of likely N-dealkylation sites (tertiary alicyclic amines) is 1. The standard InChI is InChI=1S/C16H23NO/c1-3-14-7-5-9-17(11-14)12-16(18)15-8-4-6-13(2)10-15/h4,6,8,10,14H,3,5,7,9,11-12H2,1-2H3. The Labute approximate surface area is 110 Å². The van der Waals surface area contributed by atoms with E-state index in [9.17, 15) is 4.79 Å². The molecule has 1 unspecified atom stereocenters. The molecule has 1 heterocycles. The van der Waals surface area contributed by atoms with E-state index in [2.05, 4.69) is 11.8 Å². The van der Waals surface area contributed by atoms with Gasteiger partial charge in [-0.3, -0.25) is 9.69 Å². The summed E-state index contributed by atoms with van der Waals surface area (Å²) in [6.07, 6.45) is 3.79. The molecule has 0 amide bonds. The molecule has 0 aromatic heterocycles. The van der Waals surface area contributed by atoms with Gasteiger partial charge in [0.1, 0.15) is 0 Å². The second-order valence-electron chi connectivity index (χ2n) is 5.44. The molecule has 0 N–H and O–H groups in total. The maximum atomic E-state index is 12.2. The SMILES string of the molecule is CCC1CCCN(CC(=O)c2cccc(C)c2)C1. The zero-order valence-electron chi connectivity index (χ0n) is 11.5. The lowest BCUT2D eigenvalue weighted by atomic mass is 9.95. The minimum atomic E-state index is 0.260. The molecule has 98 valence electrons. The summed E-state index contributed by atoms with van der Waals surface area (Å²) >= 11 is 0. The van der Waals surface area contributed by atoms with Gasteiger partial charge in [-0.15, -0.1) is 0 Å². The number of piperidine rings is 1. The fourth-order valence-corrected chi connectivity index (χ4v) is 2.74. The van der Waals surface area contributed by atoms with Crippen LogP contribution in [0.15, 0.2) is 24.3 Å². The van der Waals surface area contributed by atoms with Crippen molar-refractivity contribution in [1.82, 2.24) is 4.90 Å². The number of carbonyl (C=O) groups excluding carboxylic acids is 1. The van der Waals surface area contributed by atoms with Crippen LogP contribution in [0, 0.1) is 12.8 Å². The van der Waals surface area contributed by atoms with E-state index < -0.39 is 0 Å². The molecule has 1 aromatic rings. The first-order chi connectivity index (χ1) is 8.69. The fourth-order valence-electron chi connectivity index (χ4n) is 2.74. The van der Waals surface area contributed by atoms with Crippen molar-refractivity contribution in [3.05, 3.63) is 35.4 Å². The molecule has 1 aliphatic heterocycles. The third kappa shape index (κ3) is 3.42. The van der Waals surface area contributed by atoms with E-state index in [4.69, 9.17) is 0 Å². The summed E-state index contributed by atoms with van der Waals surface area (Å²) < 4.78 is 0. The van der Waals surface area contributed by atoms with E-state index in [0.29, 0.717) is 6.54 Å². The molecular weight excluding hydrogens is 222 g/mol. The smallest absolute Gasteiger partial charge is 0.176 e. The number of Topliss-reactive ketones (excluding diaryl/α,β-unsaturated/α-hetero) is 1. The minimum absolute atomic E-state index is 0.260. The largest absolute Gasteiger partial charge is 0.296 e. The summed E-state index contributed by atoms with van der Waals surface area (Å²) in [4.78, 5) is 14.5. The Balaban J connectivity index is 1.95. The number of aryl methyl sites for hydroxylation is 1. The van der Waals surface area contributed by atoms with Gasteiger partial charge in [-0.05, 0) is 38.3 Å². The Bertz CT molecular complexity index is 413. The average Bonchev–Trinajstić information content (AvgIpc) is 2.39. The van der Waals surface area contributed by atoms with Gasteiger partial charge in [0.25, 0.3) is 0 Å². The van der Waals surface area contributed by atoms with Gasteiger partial charge in [0.15, 0.2) is 5.78 Å². The van der Waals surface area contributed by atoms with Crippen molar-refractivity contribution >= 4 is 5.78 Å². The van der Waals surface area contributed by atoms with Crippen molar-refractivity contribution in [2.75, 3.05) is 19.6 Å². The van der Waals surface area contributed by atoms with Crippen LogP contribution in [0.5, 0.6) is 0 Å². The van der Waals surface area contributed by atoms with Crippen LogP contribution in [0.1, 0.15) is 42.1 Å². The van der Waals surface area contributed by atoms with Gasteiger partial charge < -0.3 is 0 Å². The maximum Gasteiger partial charge on any atom is 0.176 e. The maximum absolute atomic E-state index is 12.2. The lowest BCUT2D eigenvalue weighted by Crippen LogP contribution is -2.38. The molecule has 1 fully saturated rings. The van der Waals surface area contributed by atoms with E-state index in [0.717, 1.165) is 30.1 Å². The predicted molar refractivity (Wildman–Crippen MR) is 75.0 cm³/mol. The van der Waals surface area contributed by atoms with Gasteiger partial charge in [0.05, 0.1) is 6.54 Å². The van der Waals surface area contributed by atoms with Gasteiger partial charge in [0.2, 0.25) is 0 Å². The van der Waals surface area contributed by atoms with Crippen LogP contribution in [0.3, 0.4) is 0 Å². The lowest BCUT2D eigenvalue weighted by molar-refractivity contribution is 0.0884. The van der Waals surface area contributed by atoms with Crippen molar-refractivity contribution in [1.29, 1.82) is 0 Å². The number of ketones is 1. The molecule has 1 aliphatic rings. The van der Waals surface area contributed by atoms with Crippen LogP contribution in [0.25, 0.3) is 0 Å². The van der Waals surface area contributed by atoms with Gasteiger partial charge in [0, 0.05) is 12.1 Å². The monoisotopic (exact) mass is 245 g/mol. The van der Waals surface area contributed by atoms with Crippen molar-refractivity contribution in [3.8, 4) is 0 Å². The van der Waals surface area contributed by atoms with Gasteiger partial charge in [-0.2, -0.15) is 0 Å². The third-order valence-electron chi connectivity index (χ3n) is 3.89. The van der Waals surface area contributed by atoms with E-state index >= 15 is 0 Å². The van der Waals surface area contributed by atoms with Crippen LogP contribution in [0.2, 0.25) is 0 Å². The van der Waals surface area contributed by atoms with E-state index in [-0.39, 0.29) is 5.78 Å². The van der Waals surface area contributed by atoms with Crippen LogP contribution in [-0.4, -0.2) is 30.3 Å². The Hall–Kier alpha value is -1.15. The Kier molecular flexibility index (Phi) is 4.54. The summed E-state index contributed by atoms with van der Waals surface area (Å²) in [6.45, 7) is 7.03. The highest BCUT2D eigenvalue weighted by Gasteiger charge is 2.20. The average molecular weight is 245 g/mol. The molecule has 1 saturated heterocycles. The molecule has 2 nitrogen and oxygen atoms in total. The van der Waals surface area contributed by atoms with E-state index in [1.165, 1.54) is 19.3 Å². The van der Waals surface area contributed by atoms with Crippen LogP contribution >= 0.6 is 0 Å². The molecule has 2 heteroatoms. The normalized spacial score (nSPS) is 20.9. The first kappa shape index (κ1) is 13.3. The molecular formula is C16H23NO. The van der Waals surface area contributed by atoms with Crippen molar-refractivity contribution < 1.29 is 4.79 Å². The first-order valence-electron chi connectivity index (χ1n) is 7.01. The van der Waals surface area contributed by atoms with Gasteiger partial charge in [-0.25, -0.2) is 0 Å². The molecule has 0 radical (unpaired) electrons. The summed E-state index contributed by atoms with van der Waals surface area (Å²) in [5.74, 6) is 1.04. The lowest BCUT2D eigenvalue weighted by Gasteiger charge is -2.31. The number of benzene rings is 1. The molecule has 1 atom stereocenters. The first-order valence-corrected chi connectivity index (χ1v) is 7.01. The number of hydrogen-bond acceptors (Lipinski definition) is 2. The van der Waals surface area contributed by atoms with Crippen molar-refractivity contribution in [2.45, 2.75) is 33.1 Å². The van der Waals surface area contributed by atoms with Crippen LogP contribution < -0.4 is 0 Å². The summed E-state index contributed by atoms with van der Waals surface area (Å²) in [7, 11) is 0. The third-order valence-corrected chi connectivity index (χ3v) is 3.89. The predicted octanol–water partition coefficient (Wildman–Crippen LogP) is 3.30. The van der Waals surface area contributed by atoms with Crippen molar-refractivity contribution in [2.24, 2.45) is 5.92 Å². The fraction of sp³-hybridized carbons (Fsp3) is 0.562. The van der Waals surface area contributed by atoms with Gasteiger partial charge >= 0.3 is 0 Å². The molecule has 0 aliphatic carbocycles. The quantitative estimate of drug-likeness (QED) is 0.759. The zero-order chi connectivity index (χ0) is 13.0. The summed E-state index contributed by atoms with van der Waals surface area (Å²) in [5, 5.41) is 0. The number of carbonyl (C=O) groups is 1. The molecule has 2 rings (SSSR count). The highest BCUT2D eigenvalue weighted by Crippen LogP contribution is 2.19. The Morgan fingerprint density at radius 3 is 3.00 bits per heavy atom. The minimum Gasteiger partial charge on any atom is -0.296 e. The zero-order valence-corrected chi connectivity index (χ0v) is 11.5. The number of nitrogens with zero attached hydrogens (tertiary/aromatic N) is 1. The molecule has 0 spiro atoms.